The van der Waals surface area contributed by atoms with Crippen LogP contribution in [0, 0.1) is 0 Å². The number of carbonyl (C=O) groups is 1. The van der Waals surface area contributed by atoms with Gasteiger partial charge in [0.05, 0.1) is 12.2 Å². The molecule has 5 nitrogen and oxygen atoms in total. The third kappa shape index (κ3) is 37.1. The van der Waals surface area contributed by atoms with E-state index in [-0.39, 0.29) is 18.1 Å². The van der Waals surface area contributed by atoms with Gasteiger partial charge in [0.25, 0.3) is 0 Å². The smallest absolute Gasteiger partial charge is 0.220 e. The fourth-order valence-electron chi connectivity index (χ4n) is 6.16. The van der Waals surface area contributed by atoms with Gasteiger partial charge in [-0.15, -0.1) is 0 Å². The third-order valence-corrected chi connectivity index (χ3v) is 11.8. The van der Waals surface area contributed by atoms with Crippen molar-refractivity contribution in [3.8, 4) is 0 Å². The monoisotopic (exact) mass is 703 g/mol. The van der Waals surface area contributed by atoms with Gasteiger partial charge in [-0.2, -0.15) is 0 Å². The predicted molar refractivity (Wildman–Crippen MR) is 213 cm³/mol. The van der Waals surface area contributed by atoms with E-state index in [0.717, 1.165) is 57.2 Å². The Labute approximate surface area is 302 Å². The average molecular weight is 703 g/mol. The van der Waals surface area contributed by atoms with E-state index in [1.54, 1.807) is 0 Å². The Balaban J connectivity index is 4.30. The van der Waals surface area contributed by atoms with E-state index in [2.05, 4.69) is 31.0 Å². The summed E-state index contributed by atoms with van der Waals surface area (Å²) >= 11 is 0. The first-order chi connectivity index (χ1) is 23.0. The molecule has 47 heavy (non-hydrogen) atoms. The standard InChI is InChI=1S/C40H82N2O3S2/c1-4-7-10-12-14-16-18-20-22-24-29-38(43)36-42(37-39(44)30-25-23-21-19-17-15-13-11-8-5-2)33-27-26-32-41-40(45)31-28-35-47-46-34-9-6-3/h38-39,43-44H,4-37H2,1-3H3,(H,41,45). The van der Waals surface area contributed by atoms with Crippen LogP contribution < -0.4 is 5.32 Å². The van der Waals surface area contributed by atoms with Crippen molar-refractivity contribution in [1.29, 1.82) is 0 Å². The minimum absolute atomic E-state index is 0.167. The molecule has 0 saturated carbocycles. The van der Waals surface area contributed by atoms with E-state index < -0.39 is 0 Å². The van der Waals surface area contributed by atoms with Crippen molar-refractivity contribution in [2.24, 2.45) is 0 Å². The molecule has 0 radical (unpaired) electrons. The van der Waals surface area contributed by atoms with Gasteiger partial charge in [-0.1, -0.05) is 177 Å². The highest BCUT2D eigenvalue weighted by molar-refractivity contribution is 8.76. The molecule has 7 heteroatoms. The summed E-state index contributed by atoms with van der Waals surface area (Å²) in [5.41, 5.74) is 0. The maximum atomic E-state index is 12.2. The quantitative estimate of drug-likeness (QED) is 0.0437. The summed E-state index contributed by atoms with van der Waals surface area (Å²) < 4.78 is 0. The molecular formula is C40H82N2O3S2. The molecule has 0 spiro atoms. The fourth-order valence-corrected chi connectivity index (χ4v) is 8.48. The van der Waals surface area contributed by atoms with Crippen molar-refractivity contribution >= 4 is 27.5 Å². The van der Waals surface area contributed by atoms with Gasteiger partial charge in [-0.3, -0.25) is 9.69 Å². The number of amides is 1. The molecule has 2 unspecified atom stereocenters. The molecule has 282 valence electrons. The zero-order valence-corrected chi connectivity index (χ0v) is 33.4. The largest absolute Gasteiger partial charge is 0.392 e. The Morgan fingerprint density at radius 2 is 0.936 bits per heavy atom. The van der Waals surface area contributed by atoms with E-state index in [0.29, 0.717) is 26.1 Å². The Hall–Kier alpha value is 0.0500. The van der Waals surface area contributed by atoms with Gasteiger partial charge in [0.2, 0.25) is 5.91 Å². The molecule has 0 aliphatic heterocycles. The average Bonchev–Trinajstić information content (AvgIpc) is 3.05. The predicted octanol–water partition coefficient (Wildman–Crippen LogP) is 11.5. The van der Waals surface area contributed by atoms with E-state index in [9.17, 15) is 15.0 Å². The molecule has 0 aromatic heterocycles. The molecule has 1 amide bonds. The Morgan fingerprint density at radius 1 is 0.532 bits per heavy atom. The summed E-state index contributed by atoms with van der Waals surface area (Å²) in [6.07, 6.45) is 33.2. The highest BCUT2D eigenvalue weighted by Crippen LogP contribution is 2.23. The van der Waals surface area contributed by atoms with Crippen LogP contribution in [0.15, 0.2) is 0 Å². The number of aliphatic hydroxyl groups excluding tert-OH is 2. The maximum Gasteiger partial charge on any atom is 0.220 e. The second-order valence-corrected chi connectivity index (χ2v) is 16.9. The van der Waals surface area contributed by atoms with Crippen molar-refractivity contribution in [3.63, 3.8) is 0 Å². The van der Waals surface area contributed by atoms with E-state index in [1.165, 1.54) is 134 Å². The number of hydrogen-bond donors (Lipinski definition) is 3. The summed E-state index contributed by atoms with van der Waals surface area (Å²) in [6, 6.07) is 0. The SMILES string of the molecule is CCCCCCCCCCCCC(O)CN(CCCCNC(=O)CCCSSCCCC)CC(O)CCCCCCCCCCCC. The van der Waals surface area contributed by atoms with Crippen LogP contribution in [-0.4, -0.2) is 70.9 Å². The van der Waals surface area contributed by atoms with Crippen molar-refractivity contribution < 1.29 is 15.0 Å². The van der Waals surface area contributed by atoms with Gasteiger partial charge in [0.1, 0.15) is 0 Å². The van der Waals surface area contributed by atoms with Gasteiger partial charge < -0.3 is 15.5 Å². The number of nitrogens with one attached hydrogen (secondary N) is 1. The molecule has 0 bridgehead atoms. The molecule has 0 saturated heterocycles. The Kier molecular flexibility index (Phi) is 38.9. The number of aliphatic hydroxyl groups is 2. The lowest BCUT2D eigenvalue weighted by atomic mass is 10.0. The second kappa shape index (κ2) is 38.8. The summed E-state index contributed by atoms with van der Waals surface area (Å²) in [5.74, 6) is 2.41. The van der Waals surface area contributed by atoms with Crippen LogP contribution in [0.4, 0.5) is 0 Å². The van der Waals surface area contributed by atoms with Gasteiger partial charge in [-0.25, -0.2) is 0 Å². The van der Waals surface area contributed by atoms with Gasteiger partial charge in [-0.05, 0) is 45.1 Å². The molecule has 0 aromatic rings. The van der Waals surface area contributed by atoms with Crippen molar-refractivity contribution in [2.45, 2.75) is 213 Å². The Bertz CT molecular complexity index is 596. The van der Waals surface area contributed by atoms with Gasteiger partial charge in [0, 0.05) is 37.6 Å². The summed E-state index contributed by atoms with van der Waals surface area (Å²) in [5, 5.41) is 24.9. The van der Waals surface area contributed by atoms with Crippen LogP contribution in [0.2, 0.25) is 0 Å². The summed E-state index contributed by atoms with van der Waals surface area (Å²) in [7, 11) is 3.82. The lowest BCUT2D eigenvalue weighted by Gasteiger charge is -2.27. The number of carbonyl (C=O) groups excluding carboxylic acids is 1. The van der Waals surface area contributed by atoms with E-state index >= 15 is 0 Å². The van der Waals surface area contributed by atoms with Crippen molar-refractivity contribution in [3.05, 3.63) is 0 Å². The van der Waals surface area contributed by atoms with Crippen LogP contribution in [-0.2, 0) is 4.79 Å². The number of hydrogen-bond acceptors (Lipinski definition) is 6. The first-order valence-electron chi connectivity index (χ1n) is 20.6. The molecule has 0 aliphatic rings. The minimum Gasteiger partial charge on any atom is -0.392 e. The lowest BCUT2D eigenvalue weighted by Crippen LogP contribution is -2.39. The molecule has 0 fully saturated rings. The lowest BCUT2D eigenvalue weighted by molar-refractivity contribution is -0.121. The second-order valence-electron chi connectivity index (χ2n) is 14.2. The molecule has 0 aliphatic carbocycles. The van der Waals surface area contributed by atoms with Crippen LogP contribution in [0.25, 0.3) is 0 Å². The summed E-state index contributed by atoms with van der Waals surface area (Å²) in [4.78, 5) is 14.5. The highest BCUT2D eigenvalue weighted by atomic mass is 33.1. The van der Waals surface area contributed by atoms with E-state index in [1.807, 2.05) is 21.6 Å². The van der Waals surface area contributed by atoms with Gasteiger partial charge in [0.15, 0.2) is 0 Å². The van der Waals surface area contributed by atoms with Crippen LogP contribution in [0.1, 0.15) is 201 Å². The first kappa shape index (κ1) is 47.0. The third-order valence-electron chi connectivity index (χ3n) is 9.24. The zero-order chi connectivity index (χ0) is 34.5. The van der Waals surface area contributed by atoms with Crippen LogP contribution >= 0.6 is 21.6 Å². The molecule has 0 aromatic carbocycles. The highest BCUT2D eigenvalue weighted by Gasteiger charge is 2.16. The maximum absolute atomic E-state index is 12.2. The van der Waals surface area contributed by atoms with Crippen molar-refractivity contribution in [1.82, 2.24) is 10.2 Å². The first-order valence-corrected chi connectivity index (χ1v) is 23.1. The normalized spacial score (nSPS) is 13.0. The summed E-state index contributed by atoms with van der Waals surface area (Å²) in [6.45, 7) is 9.64. The molecule has 0 heterocycles. The number of unbranched alkanes of at least 4 members (excludes halogenated alkanes) is 20. The van der Waals surface area contributed by atoms with Crippen LogP contribution in [0.3, 0.4) is 0 Å². The molecule has 2 atom stereocenters. The van der Waals surface area contributed by atoms with Crippen LogP contribution in [0.5, 0.6) is 0 Å². The van der Waals surface area contributed by atoms with E-state index in [4.69, 9.17) is 0 Å². The minimum atomic E-state index is -0.328. The van der Waals surface area contributed by atoms with Crippen molar-refractivity contribution in [2.75, 3.05) is 37.7 Å². The number of rotatable bonds is 39. The Morgan fingerprint density at radius 3 is 1.38 bits per heavy atom. The molecular weight excluding hydrogens is 621 g/mol. The molecule has 3 N–H and O–H groups in total. The topological polar surface area (TPSA) is 72.8 Å². The molecule has 0 rings (SSSR count). The van der Waals surface area contributed by atoms with Gasteiger partial charge >= 0.3 is 0 Å². The number of nitrogens with zero attached hydrogens (tertiary/aromatic N) is 1. The zero-order valence-electron chi connectivity index (χ0n) is 31.8. The fraction of sp³-hybridized carbons (Fsp3) is 0.975.